The second kappa shape index (κ2) is 8.38. The first-order valence-electron chi connectivity index (χ1n) is 3.97. The van der Waals surface area contributed by atoms with Gasteiger partial charge in [-0.25, -0.2) is 0 Å². The van der Waals surface area contributed by atoms with Gasteiger partial charge in [-0.3, -0.25) is 4.79 Å². The maximum atomic E-state index is 10.6. The van der Waals surface area contributed by atoms with Crippen molar-refractivity contribution in [3.8, 4) is 0 Å². The van der Waals surface area contributed by atoms with Crippen molar-refractivity contribution < 1.29 is 24.3 Å². The number of hydrogen-bond acceptors (Lipinski definition) is 5. The Morgan fingerprint density at radius 2 is 2.00 bits per heavy atom. The quantitative estimate of drug-likeness (QED) is 0.436. The molecule has 0 aromatic rings. The van der Waals surface area contributed by atoms with E-state index in [0.29, 0.717) is 13.0 Å². The van der Waals surface area contributed by atoms with Crippen LogP contribution in [-0.2, 0) is 14.1 Å². The van der Waals surface area contributed by atoms with Gasteiger partial charge in [0.15, 0.2) is 0 Å². The Kier molecular flexibility index (Phi) is 8.24. The molecule has 78 valence electrons. The molecule has 2 N–H and O–H groups in total. The predicted molar refractivity (Wildman–Crippen MR) is 48.9 cm³/mol. The molecular weight excluding hydrogens is 195 g/mol. The van der Waals surface area contributed by atoms with Gasteiger partial charge in [0.2, 0.25) is 0 Å². The lowest BCUT2D eigenvalue weighted by Gasteiger charge is -2.11. The van der Waals surface area contributed by atoms with E-state index < -0.39 is 6.10 Å². The summed E-state index contributed by atoms with van der Waals surface area (Å²) >= 11 is 0. The molecule has 1 unspecified atom stereocenters. The van der Waals surface area contributed by atoms with Gasteiger partial charge in [0, 0.05) is 13.0 Å². The third-order valence-corrected chi connectivity index (χ3v) is 1.68. The zero-order chi connectivity index (χ0) is 10.1. The standard InChI is InChI=1S/C7H15O5P/c8-4-6(5-9)11-3-1-2-7(10)12-13/h6,8-9H,1-5,13H2. The van der Waals surface area contributed by atoms with Crippen molar-refractivity contribution in [2.45, 2.75) is 18.9 Å². The molecule has 0 aromatic carbocycles. The van der Waals surface area contributed by atoms with Gasteiger partial charge in [-0.15, -0.1) is 0 Å². The first kappa shape index (κ1) is 12.8. The van der Waals surface area contributed by atoms with Crippen LogP contribution in [0.5, 0.6) is 0 Å². The van der Waals surface area contributed by atoms with Gasteiger partial charge >= 0.3 is 5.97 Å². The van der Waals surface area contributed by atoms with Crippen molar-refractivity contribution >= 4 is 15.4 Å². The highest BCUT2D eigenvalue weighted by Gasteiger charge is 2.06. The van der Waals surface area contributed by atoms with Crippen molar-refractivity contribution in [3.05, 3.63) is 0 Å². The smallest absolute Gasteiger partial charge is 0.308 e. The minimum absolute atomic E-state index is 0.218. The molecule has 0 spiro atoms. The topological polar surface area (TPSA) is 76.0 Å². The maximum Gasteiger partial charge on any atom is 0.308 e. The Hall–Kier alpha value is -0.220. The number of hydrogen-bond donors (Lipinski definition) is 2. The Morgan fingerprint density at radius 1 is 1.38 bits per heavy atom. The Bertz CT molecular complexity index is 137. The third kappa shape index (κ3) is 6.90. The fourth-order valence-corrected chi connectivity index (χ4v) is 0.806. The van der Waals surface area contributed by atoms with Crippen LogP contribution in [0.3, 0.4) is 0 Å². The minimum atomic E-state index is -0.549. The molecule has 0 radical (unpaired) electrons. The van der Waals surface area contributed by atoms with Crippen molar-refractivity contribution in [3.63, 3.8) is 0 Å². The molecule has 0 aliphatic rings. The zero-order valence-corrected chi connectivity index (χ0v) is 8.46. The highest BCUT2D eigenvalue weighted by molar-refractivity contribution is 7.10. The SMILES string of the molecule is O=C(CCCOC(CO)CO)OP. The van der Waals surface area contributed by atoms with Crippen LogP contribution in [0.15, 0.2) is 0 Å². The lowest BCUT2D eigenvalue weighted by Crippen LogP contribution is -2.22. The molecule has 5 nitrogen and oxygen atoms in total. The predicted octanol–water partition coefficient (Wildman–Crippen LogP) is -0.530. The number of aliphatic hydroxyl groups is 2. The van der Waals surface area contributed by atoms with Crippen LogP contribution >= 0.6 is 9.47 Å². The van der Waals surface area contributed by atoms with E-state index in [-0.39, 0.29) is 25.6 Å². The molecule has 0 amide bonds. The minimum Gasteiger partial charge on any atom is -0.452 e. The summed E-state index contributed by atoms with van der Waals surface area (Å²) in [4.78, 5) is 10.6. The third-order valence-electron chi connectivity index (χ3n) is 1.42. The first-order valence-corrected chi connectivity index (χ1v) is 4.44. The van der Waals surface area contributed by atoms with Crippen molar-refractivity contribution in [2.75, 3.05) is 19.8 Å². The number of carbonyl (C=O) groups is 1. The highest BCUT2D eigenvalue weighted by Crippen LogP contribution is 1.99. The van der Waals surface area contributed by atoms with Crippen molar-refractivity contribution in [1.82, 2.24) is 0 Å². The maximum absolute atomic E-state index is 10.6. The van der Waals surface area contributed by atoms with Gasteiger partial charge < -0.3 is 19.5 Å². The molecule has 0 aliphatic carbocycles. The summed E-state index contributed by atoms with van der Waals surface area (Å²) in [5.41, 5.74) is 0. The number of carbonyl (C=O) groups excluding carboxylic acids is 1. The van der Waals surface area contributed by atoms with Crippen LogP contribution in [0.2, 0.25) is 0 Å². The fourth-order valence-electron chi connectivity index (χ4n) is 0.689. The Morgan fingerprint density at radius 3 is 2.46 bits per heavy atom. The number of rotatable bonds is 7. The molecule has 0 heterocycles. The lowest BCUT2D eigenvalue weighted by molar-refractivity contribution is -0.133. The fraction of sp³-hybridized carbons (Fsp3) is 0.857. The van der Waals surface area contributed by atoms with Gasteiger partial charge in [0.05, 0.1) is 22.7 Å². The second-order valence-corrected chi connectivity index (χ2v) is 2.69. The van der Waals surface area contributed by atoms with E-state index >= 15 is 0 Å². The van der Waals surface area contributed by atoms with E-state index in [1.807, 2.05) is 9.47 Å². The summed E-state index contributed by atoms with van der Waals surface area (Å²) < 4.78 is 9.35. The Balaban J connectivity index is 3.28. The van der Waals surface area contributed by atoms with Crippen molar-refractivity contribution in [1.29, 1.82) is 0 Å². The largest absolute Gasteiger partial charge is 0.452 e. The molecule has 0 fully saturated rings. The summed E-state index contributed by atoms with van der Waals surface area (Å²) in [6.45, 7) is -0.110. The van der Waals surface area contributed by atoms with E-state index in [1.165, 1.54) is 0 Å². The lowest BCUT2D eigenvalue weighted by atomic mass is 10.3. The van der Waals surface area contributed by atoms with Crippen molar-refractivity contribution in [2.24, 2.45) is 0 Å². The van der Waals surface area contributed by atoms with Gasteiger partial charge in [-0.2, -0.15) is 0 Å². The van der Waals surface area contributed by atoms with E-state index in [2.05, 4.69) is 4.52 Å². The molecule has 0 bridgehead atoms. The highest BCUT2D eigenvalue weighted by atomic mass is 31.0. The van der Waals surface area contributed by atoms with Gasteiger partial charge in [0.25, 0.3) is 0 Å². The molecule has 6 heteroatoms. The van der Waals surface area contributed by atoms with E-state index in [4.69, 9.17) is 14.9 Å². The van der Waals surface area contributed by atoms with Crippen LogP contribution in [0, 0.1) is 0 Å². The molecule has 0 aliphatic heterocycles. The molecule has 0 rings (SSSR count). The molecule has 1 atom stereocenters. The van der Waals surface area contributed by atoms with Crippen LogP contribution < -0.4 is 0 Å². The summed E-state index contributed by atoms with van der Waals surface area (Å²) in [5.74, 6) is -0.321. The van der Waals surface area contributed by atoms with Crippen LogP contribution in [0.4, 0.5) is 0 Å². The average Bonchev–Trinajstić information content (AvgIpc) is 2.18. The Labute approximate surface area is 79.3 Å². The molecule has 0 saturated heterocycles. The van der Waals surface area contributed by atoms with E-state index in [9.17, 15) is 4.79 Å². The summed E-state index contributed by atoms with van der Waals surface area (Å²) in [6, 6.07) is 0. The molecular formula is C7H15O5P. The normalized spacial score (nSPS) is 10.5. The number of aliphatic hydroxyl groups excluding tert-OH is 2. The number of ether oxygens (including phenoxy) is 1. The van der Waals surface area contributed by atoms with Gasteiger partial charge in [-0.05, 0) is 6.42 Å². The van der Waals surface area contributed by atoms with E-state index in [0.717, 1.165) is 0 Å². The molecule has 0 aromatic heterocycles. The monoisotopic (exact) mass is 210 g/mol. The molecule has 13 heavy (non-hydrogen) atoms. The van der Waals surface area contributed by atoms with Crippen LogP contribution in [-0.4, -0.2) is 42.1 Å². The summed E-state index contributed by atoms with van der Waals surface area (Å²) in [7, 11) is 1.87. The summed E-state index contributed by atoms with van der Waals surface area (Å²) in [6.07, 6.45) is 0.239. The van der Waals surface area contributed by atoms with Crippen LogP contribution in [0.25, 0.3) is 0 Å². The average molecular weight is 210 g/mol. The van der Waals surface area contributed by atoms with E-state index in [1.54, 1.807) is 0 Å². The second-order valence-electron chi connectivity index (χ2n) is 2.45. The zero-order valence-electron chi connectivity index (χ0n) is 7.31. The first-order chi connectivity index (χ1) is 6.24. The molecule has 0 saturated carbocycles. The summed E-state index contributed by atoms with van der Waals surface area (Å²) in [5, 5.41) is 17.2. The van der Waals surface area contributed by atoms with Gasteiger partial charge in [-0.1, -0.05) is 0 Å². The van der Waals surface area contributed by atoms with Gasteiger partial charge in [0.1, 0.15) is 6.10 Å². The van der Waals surface area contributed by atoms with Crippen LogP contribution in [0.1, 0.15) is 12.8 Å².